The maximum atomic E-state index is 6.79. The molecule has 2 unspecified atom stereocenters. The highest BCUT2D eigenvalue weighted by atomic mass is 31.1. The Morgan fingerprint density at radius 2 is 1.47 bits per heavy atom. The van der Waals surface area contributed by atoms with Crippen molar-refractivity contribution in [3.05, 3.63) is 108 Å². The molecule has 0 aromatic heterocycles. The Morgan fingerprint density at radius 3 is 2.10 bits per heavy atom. The zero-order valence-corrected chi connectivity index (χ0v) is 19.1. The molecule has 2 atom stereocenters. The average molecular weight is 424 g/mol. The van der Waals surface area contributed by atoms with E-state index in [1.807, 2.05) is 0 Å². The highest BCUT2D eigenvalue weighted by Crippen LogP contribution is 2.49. The molecular weight excluding hydrogens is 399 g/mol. The van der Waals surface area contributed by atoms with Crippen LogP contribution in [0.4, 0.5) is 0 Å². The van der Waals surface area contributed by atoms with Crippen LogP contribution in [0, 0.1) is 5.92 Å². The zero-order chi connectivity index (χ0) is 20.7. The predicted octanol–water partition coefficient (Wildman–Crippen LogP) is 4.72. The summed E-state index contributed by atoms with van der Waals surface area (Å²) in [6.45, 7) is 4.69. The number of para-hydroxylation sites is 1. The lowest BCUT2D eigenvalue weighted by molar-refractivity contribution is 0.121. The summed E-state index contributed by atoms with van der Waals surface area (Å²) in [6.07, 6.45) is 6.56. The number of fused-ring (bicyclic) bond motifs is 2. The third-order valence-corrected chi connectivity index (χ3v) is 9.18. The molecule has 30 heavy (non-hydrogen) atoms. The average Bonchev–Trinajstić information content (AvgIpc) is 2.77. The minimum Gasteiger partial charge on any atom is -0.485 e. The summed E-state index contributed by atoms with van der Waals surface area (Å²) in [6, 6.07) is 28.4. The van der Waals surface area contributed by atoms with E-state index in [1.54, 1.807) is 0 Å². The van der Waals surface area contributed by atoms with Gasteiger partial charge in [-0.05, 0) is 23.7 Å². The Kier molecular flexibility index (Phi) is 5.01. The number of benzene rings is 3. The molecule has 3 aromatic carbocycles. The lowest BCUT2D eigenvalue weighted by Gasteiger charge is -2.46. The standard InChI is InChI=1S/C27H24OPSi/c1-27(2)21-15-9-17-23(25(21)28-26-22(27)16-10-18-24(26)30)29(19-11-5-3-6-12-19)20-13-7-4-8-14-20/h3-18,22,26H,1-2H3. The zero-order valence-electron chi connectivity index (χ0n) is 17.2. The fourth-order valence-electron chi connectivity index (χ4n) is 4.64. The van der Waals surface area contributed by atoms with Crippen LogP contribution in [0.2, 0.25) is 0 Å². The predicted molar refractivity (Wildman–Crippen MR) is 129 cm³/mol. The fraction of sp³-hybridized carbons (Fsp3) is 0.185. The van der Waals surface area contributed by atoms with E-state index < -0.39 is 7.92 Å². The molecule has 2 aliphatic rings. The van der Waals surface area contributed by atoms with Crippen molar-refractivity contribution in [2.75, 3.05) is 0 Å². The topological polar surface area (TPSA) is 9.23 Å². The second kappa shape index (κ2) is 7.69. The Labute approximate surface area is 183 Å². The van der Waals surface area contributed by atoms with E-state index in [0.717, 1.165) is 10.9 Å². The molecular formula is C27H24OPSi. The van der Waals surface area contributed by atoms with E-state index in [9.17, 15) is 0 Å². The van der Waals surface area contributed by atoms with Crippen LogP contribution in [-0.4, -0.2) is 16.3 Å². The fourth-order valence-corrected chi connectivity index (χ4v) is 7.39. The van der Waals surface area contributed by atoms with Crippen molar-refractivity contribution in [1.82, 2.24) is 0 Å². The van der Waals surface area contributed by atoms with Crippen LogP contribution < -0.4 is 20.7 Å². The van der Waals surface area contributed by atoms with Gasteiger partial charge in [0, 0.05) is 22.2 Å². The van der Waals surface area contributed by atoms with Crippen LogP contribution in [0.25, 0.3) is 0 Å². The van der Waals surface area contributed by atoms with Gasteiger partial charge in [-0.25, -0.2) is 0 Å². The van der Waals surface area contributed by atoms with Gasteiger partial charge in [0.25, 0.3) is 0 Å². The number of allylic oxidation sites excluding steroid dienone is 2. The van der Waals surface area contributed by atoms with Crippen molar-refractivity contribution in [3.8, 4) is 5.75 Å². The minimum absolute atomic E-state index is 0.0127. The summed E-state index contributed by atoms with van der Waals surface area (Å²) in [7, 11) is 3.11. The summed E-state index contributed by atoms with van der Waals surface area (Å²) in [4.78, 5) is 0. The Hall–Kier alpha value is -2.41. The number of ether oxygens (including phenoxy) is 1. The van der Waals surface area contributed by atoms with Crippen LogP contribution in [0.3, 0.4) is 0 Å². The Morgan fingerprint density at radius 1 is 0.833 bits per heavy atom. The molecule has 1 nitrogen and oxygen atoms in total. The number of rotatable bonds is 3. The van der Waals surface area contributed by atoms with Crippen molar-refractivity contribution >= 4 is 34.1 Å². The normalized spacial score (nSPS) is 21.4. The van der Waals surface area contributed by atoms with Gasteiger partial charge in [-0.3, -0.25) is 0 Å². The maximum absolute atomic E-state index is 6.79. The van der Waals surface area contributed by atoms with Gasteiger partial charge in [-0.1, -0.05) is 111 Å². The second-order valence-electron chi connectivity index (χ2n) is 8.45. The lowest BCUT2D eigenvalue weighted by atomic mass is 9.68. The molecule has 1 aliphatic heterocycles. The van der Waals surface area contributed by atoms with Crippen molar-refractivity contribution in [2.45, 2.75) is 25.4 Å². The summed E-state index contributed by atoms with van der Waals surface area (Å²) in [5.41, 5.74) is 1.28. The van der Waals surface area contributed by atoms with Gasteiger partial charge < -0.3 is 4.74 Å². The van der Waals surface area contributed by atoms with Crippen LogP contribution in [-0.2, 0) is 5.41 Å². The largest absolute Gasteiger partial charge is 0.485 e. The molecule has 0 amide bonds. The molecule has 0 fully saturated rings. The third-order valence-electron chi connectivity index (χ3n) is 6.26. The van der Waals surface area contributed by atoms with Crippen molar-refractivity contribution < 1.29 is 4.74 Å². The molecule has 0 spiro atoms. The van der Waals surface area contributed by atoms with Crippen molar-refractivity contribution in [2.24, 2.45) is 5.92 Å². The summed E-state index contributed by atoms with van der Waals surface area (Å²) >= 11 is 0. The molecule has 1 heterocycles. The SMILES string of the molecule is CC1(C)c2cccc(P(c3ccccc3)c3ccccc3)c2OC2C([Si])=CC=CC21. The molecule has 3 heteroatoms. The van der Waals surface area contributed by atoms with Crippen LogP contribution >= 0.6 is 7.92 Å². The first-order chi connectivity index (χ1) is 14.6. The summed E-state index contributed by atoms with van der Waals surface area (Å²) in [5.74, 6) is 1.36. The van der Waals surface area contributed by atoms with E-state index in [2.05, 4.69) is 121 Å². The lowest BCUT2D eigenvalue weighted by Crippen LogP contribution is -2.47. The second-order valence-corrected chi connectivity index (χ2v) is 11.2. The van der Waals surface area contributed by atoms with Gasteiger partial charge in [-0.15, -0.1) is 0 Å². The van der Waals surface area contributed by atoms with Gasteiger partial charge in [0.05, 0.1) is 10.2 Å². The van der Waals surface area contributed by atoms with Crippen LogP contribution in [0.15, 0.2) is 102 Å². The van der Waals surface area contributed by atoms with Crippen molar-refractivity contribution in [3.63, 3.8) is 0 Å². The highest BCUT2D eigenvalue weighted by Gasteiger charge is 2.45. The first-order valence-electron chi connectivity index (χ1n) is 10.4. The molecule has 0 saturated heterocycles. The monoisotopic (exact) mass is 423 g/mol. The molecule has 0 saturated carbocycles. The van der Waals surface area contributed by atoms with Gasteiger partial charge >= 0.3 is 0 Å². The molecule has 3 radical (unpaired) electrons. The Bertz CT molecular complexity index is 1080. The molecule has 147 valence electrons. The van der Waals surface area contributed by atoms with E-state index in [0.29, 0.717) is 5.92 Å². The third kappa shape index (κ3) is 3.19. The minimum atomic E-state index is -0.719. The van der Waals surface area contributed by atoms with Gasteiger partial charge in [0.1, 0.15) is 11.9 Å². The summed E-state index contributed by atoms with van der Waals surface area (Å²) < 4.78 is 6.79. The van der Waals surface area contributed by atoms with E-state index in [1.165, 1.54) is 21.5 Å². The smallest absolute Gasteiger partial charge is 0.132 e. The molecule has 3 aromatic rings. The number of hydrogen-bond donors (Lipinski definition) is 0. The van der Waals surface area contributed by atoms with Gasteiger partial charge in [0.15, 0.2) is 0 Å². The van der Waals surface area contributed by atoms with Crippen molar-refractivity contribution in [1.29, 1.82) is 0 Å². The quantitative estimate of drug-likeness (QED) is 0.438. The van der Waals surface area contributed by atoms with E-state index in [-0.39, 0.29) is 11.5 Å². The highest BCUT2D eigenvalue weighted by molar-refractivity contribution is 7.80. The maximum Gasteiger partial charge on any atom is 0.132 e. The molecule has 0 N–H and O–H groups in total. The van der Waals surface area contributed by atoms with Crippen LogP contribution in [0.5, 0.6) is 5.75 Å². The first-order valence-corrected chi connectivity index (χ1v) is 12.2. The van der Waals surface area contributed by atoms with E-state index in [4.69, 9.17) is 4.74 Å². The Balaban J connectivity index is 1.72. The van der Waals surface area contributed by atoms with Gasteiger partial charge in [0.2, 0.25) is 0 Å². The van der Waals surface area contributed by atoms with Gasteiger partial charge in [-0.2, -0.15) is 0 Å². The first kappa shape index (κ1) is 19.5. The molecule has 1 aliphatic carbocycles. The molecule has 5 rings (SSSR count). The molecule has 0 bridgehead atoms. The number of hydrogen-bond acceptors (Lipinski definition) is 1. The summed E-state index contributed by atoms with van der Waals surface area (Å²) in [5, 5.41) is 5.09. The van der Waals surface area contributed by atoms with Crippen LogP contribution in [0.1, 0.15) is 19.4 Å². The van der Waals surface area contributed by atoms with E-state index >= 15 is 0 Å².